The smallest absolute Gasteiger partial charge is 0.298 e. The summed E-state index contributed by atoms with van der Waals surface area (Å²) in [4.78, 5) is 16.7. The number of hydrogen-bond acceptors (Lipinski definition) is 11. The molecule has 13 heteroatoms. The predicted octanol–water partition coefficient (Wildman–Crippen LogP) is 3.34. The fraction of sp³-hybridized carbons (Fsp3) is 0.308. The molecule has 4 rings (SSSR count). The summed E-state index contributed by atoms with van der Waals surface area (Å²) in [5.74, 6) is 0.178. The molecule has 26 heavy (non-hydrogen) atoms. The molecule has 0 radical (unpaired) electrons. The van der Waals surface area contributed by atoms with Gasteiger partial charge in [-0.15, -0.1) is 21.6 Å². The summed E-state index contributed by atoms with van der Waals surface area (Å²) in [6.07, 6.45) is -0.356. The highest BCUT2D eigenvalue weighted by molar-refractivity contribution is 7.90. The number of aromatic hydroxyl groups is 1. The maximum Gasteiger partial charge on any atom is 0.298 e. The summed E-state index contributed by atoms with van der Waals surface area (Å²) in [6, 6.07) is 3.64. The van der Waals surface area contributed by atoms with E-state index in [0.29, 0.717) is 24.0 Å². The summed E-state index contributed by atoms with van der Waals surface area (Å²) < 4.78 is 17.2. The van der Waals surface area contributed by atoms with Crippen LogP contribution in [0.1, 0.15) is 18.9 Å². The molecule has 4 heterocycles. The summed E-state index contributed by atoms with van der Waals surface area (Å²) >= 11 is 3.31. The largest absolute Gasteiger partial charge is 0.492 e. The zero-order valence-corrected chi connectivity index (χ0v) is 15.8. The maximum atomic E-state index is 12.5. The van der Waals surface area contributed by atoms with Crippen LogP contribution in [0.2, 0.25) is 0 Å². The van der Waals surface area contributed by atoms with Crippen LogP contribution in [0.4, 0.5) is 10.8 Å². The molecule has 1 saturated heterocycles. The summed E-state index contributed by atoms with van der Waals surface area (Å²) in [7, 11) is 0. The van der Waals surface area contributed by atoms with Crippen molar-refractivity contribution in [1.29, 1.82) is 0 Å². The molecular formula is C13H12N6O4S3. The zero-order chi connectivity index (χ0) is 18.1. The van der Waals surface area contributed by atoms with E-state index in [2.05, 4.69) is 19.6 Å². The topological polar surface area (TPSA) is 116 Å². The van der Waals surface area contributed by atoms with Crippen molar-refractivity contribution in [2.75, 3.05) is 6.61 Å². The van der Waals surface area contributed by atoms with E-state index in [1.54, 1.807) is 6.07 Å². The van der Waals surface area contributed by atoms with Crippen LogP contribution in [0.25, 0.3) is 5.00 Å². The van der Waals surface area contributed by atoms with E-state index in [0.717, 1.165) is 23.9 Å². The molecule has 0 spiro atoms. The highest BCUT2D eigenvalue weighted by atomic mass is 32.2. The van der Waals surface area contributed by atoms with Crippen LogP contribution in [0, 0.1) is 0 Å². The molecule has 1 fully saturated rings. The van der Waals surface area contributed by atoms with Crippen LogP contribution < -0.4 is 5.56 Å². The lowest BCUT2D eigenvalue weighted by molar-refractivity contribution is 0.238. The van der Waals surface area contributed by atoms with Gasteiger partial charge < -0.3 is 5.11 Å². The Hall–Kier alpha value is -2.06. The number of hydrogen-bond donors (Lipinski definition) is 1. The second-order valence-electron chi connectivity index (χ2n) is 5.03. The third-order valence-electron chi connectivity index (χ3n) is 3.48. The molecule has 10 nitrogen and oxygen atoms in total. The number of thiophene rings is 1. The van der Waals surface area contributed by atoms with Crippen molar-refractivity contribution >= 4 is 46.0 Å². The van der Waals surface area contributed by atoms with Gasteiger partial charge in [0.25, 0.3) is 5.56 Å². The Morgan fingerprint density at radius 1 is 1.46 bits per heavy atom. The first kappa shape index (κ1) is 17.4. The minimum atomic E-state index is -0.434. The van der Waals surface area contributed by atoms with E-state index in [1.165, 1.54) is 20.7 Å². The zero-order valence-electron chi connectivity index (χ0n) is 13.3. The Kier molecular flexibility index (Phi) is 4.86. The Labute approximate surface area is 159 Å². The summed E-state index contributed by atoms with van der Waals surface area (Å²) in [5.41, 5.74) is -0.580. The Morgan fingerprint density at radius 3 is 3.04 bits per heavy atom. The number of rotatable bonds is 5. The monoisotopic (exact) mass is 412 g/mol. The highest BCUT2D eigenvalue weighted by Crippen LogP contribution is 2.33. The normalized spacial score (nSPS) is 17.5. The Morgan fingerprint density at radius 2 is 2.35 bits per heavy atom. The molecule has 3 aromatic heterocycles. The average molecular weight is 412 g/mol. The van der Waals surface area contributed by atoms with Gasteiger partial charge in [-0.05, 0) is 24.4 Å². The Bertz CT molecular complexity index is 986. The van der Waals surface area contributed by atoms with Gasteiger partial charge in [0.05, 0.1) is 6.61 Å². The molecule has 1 atom stereocenters. The molecule has 136 valence electrons. The van der Waals surface area contributed by atoms with Gasteiger partial charge in [-0.1, -0.05) is 0 Å². The van der Waals surface area contributed by atoms with Gasteiger partial charge in [0.1, 0.15) is 5.00 Å². The summed E-state index contributed by atoms with van der Waals surface area (Å²) in [5, 5.41) is 21.1. The first-order chi connectivity index (χ1) is 12.7. The van der Waals surface area contributed by atoms with Crippen LogP contribution in [0.15, 0.2) is 32.5 Å². The quantitative estimate of drug-likeness (QED) is 0.504. The molecule has 0 aromatic carbocycles. The lowest BCUT2D eigenvalue weighted by atomic mass is 10.4. The van der Waals surface area contributed by atoms with Crippen LogP contribution in [0.5, 0.6) is 5.88 Å². The third kappa shape index (κ3) is 3.07. The molecule has 0 amide bonds. The van der Waals surface area contributed by atoms with Crippen LogP contribution in [-0.2, 0) is 14.9 Å². The second-order valence-corrected chi connectivity index (χ2v) is 7.25. The van der Waals surface area contributed by atoms with Gasteiger partial charge >= 0.3 is 0 Å². The van der Waals surface area contributed by atoms with Crippen LogP contribution in [0.3, 0.4) is 0 Å². The van der Waals surface area contributed by atoms with Gasteiger partial charge in [-0.3, -0.25) is 13.2 Å². The molecule has 1 unspecified atom stereocenters. The van der Waals surface area contributed by atoms with Crippen molar-refractivity contribution in [3.63, 3.8) is 0 Å². The van der Waals surface area contributed by atoms with Crippen molar-refractivity contribution < 1.29 is 13.5 Å². The van der Waals surface area contributed by atoms with E-state index < -0.39 is 5.56 Å². The van der Waals surface area contributed by atoms with E-state index in [4.69, 9.17) is 8.37 Å². The standard InChI is InChI=1S/C13H12N6O4S3/c1-2-18-11(20)9(12(21)19(18)8-4-3-5-24-8)15-16-13-14-10(17-25-13)7-6-22-26-23-7/h3-5,7,21H,2,6H2,1H3. The fourth-order valence-corrected chi connectivity index (χ4v) is 4.07. The van der Waals surface area contributed by atoms with Gasteiger partial charge in [0.15, 0.2) is 24.3 Å². The minimum absolute atomic E-state index is 0.145. The molecule has 1 N–H and O–H groups in total. The minimum Gasteiger partial charge on any atom is -0.492 e. The maximum absolute atomic E-state index is 12.5. The van der Waals surface area contributed by atoms with Crippen LogP contribution >= 0.6 is 35.2 Å². The van der Waals surface area contributed by atoms with E-state index in [-0.39, 0.29) is 22.8 Å². The number of azo groups is 1. The van der Waals surface area contributed by atoms with E-state index >= 15 is 0 Å². The molecule has 0 saturated carbocycles. The first-order valence-corrected chi connectivity index (χ1v) is 9.80. The van der Waals surface area contributed by atoms with Crippen molar-refractivity contribution in [1.82, 2.24) is 18.7 Å². The lowest BCUT2D eigenvalue weighted by Gasteiger charge is -2.07. The van der Waals surface area contributed by atoms with E-state index in [1.807, 2.05) is 18.4 Å². The molecule has 0 aliphatic carbocycles. The molecule has 0 bridgehead atoms. The Balaban J connectivity index is 1.66. The molecule has 3 aromatic rings. The molecule has 1 aliphatic rings. The van der Waals surface area contributed by atoms with Crippen molar-refractivity contribution in [2.24, 2.45) is 10.2 Å². The van der Waals surface area contributed by atoms with Gasteiger partial charge in [0, 0.05) is 18.1 Å². The highest BCUT2D eigenvalue weighted by Gasteiger charge is 2.25. The van der Waals surface area contributed by atoms with Crippen molar-refractivity contribution in [3.05, 3.63) is 33.7 Å². The third-order valence-corrected chi connectivity index (χ3v) is 5.48. The van der Waals surface area contributed by atoms with Crippen LogP contribution in [-0.4, -0.2) is 30.4 Å². The second kappa shape index (κ2) is 7.28. The van der Waals surface area contributed by atoms with Gasteiger partial charge in [-0.25, -0.2) is 9.36 Å². The predicted molar refractivity (Wildman–Crippen MR) is 96.7 cm³/mol. The van der Waals surface area contributed by atoms with Crippen molar-refractivity contribution in [3.8, 4) is 10.9 Å². The molecule has 1 aliphatic heterocycles. The SMILES string of the molecule is CCn1c(=O)c(N=Nc2nc(C3COSO3)ns2)c(O)n1-c1cccs1. The molecular weight excluding hydrogens is 400 g/mol. The van der Waals surface area contributed by atoms with E-state index in [9.17, 15) is 9.90 Å². The van der Waals surface area contributed by atoms with Crippen molar-refractivity contribution in [2.45, 2.75) is 19.6 Å². The fourth-order valence-electron chi connectivity index (χ4n) is 2.31. The lowest BCUT2D eigenvalue weighted by Crippen LogP contribution is -2.20. The van der Waals surface area contributed by atoms with Gasteiger partial charge in [-0.2, -0.15) is 9.36 Å². The number of aromatic nitrogens is 4. The summed E-state index contributed by atoms with van der Waals surface area (Å²) in [6.45, 7) is 2.54. The first-order valence-electron chi connectivity index (χ1n) is 7.48. The van der Waals surface area contributed by atoms with Gasteiger partial charge in [0.2, 0.25) is 16.7 Å². The average Bonchev–Trinajstić information content (AvgIpc) is 3.42. The number of nitrogens with zero attached hydrogens (tertiary/aromatic N) is 6.